The minimum atomic E-state index is -0.324. The number of rotatable bonds is 3. The van der Waals surface area contributed by atoms with Gasteiger partial charge in [-0.2, -0.15) is 4.98 Å². The van der Waals surface area contributed by atoms with E-state index < -0.39 is 0 Å². The molecule has 5 rings (SSSR count). The average Bonchev–Trinajstić information content (AvgIpc) is 3.15. The molecule has 0 radical (unpaired) electrons. The highest BCUT2D eigenvalue weighted by Crippen LogP contribution is 2.45. The molecule has 158 valence electrons. The Balaban J connectivity index is 1.63. The number of fused-ring (bicyclic) bond motifs is 2. The molecule has 1 fully saturated rings. The third-order valence-corrected chi connectivity index (χ3v) is 6.12. The molecule has 2 aliphatic rings. The summed E-state index contributed by atoms with van der Waals surface area (Å²) < 4.78 is 1.82. The Morgan fingerprint density at radius 1 is 1.10 bits per heavy atom. The fraction of sp³-hybridized carbons (Fsp3) is 0.375. The van der Waals surface area contributed by atoms with Crippen molar-refractivity contribution in [3.8, 4) is 11.4 Å². The van der Waals surface area contributed by atoms with E-state index in [2.05, 4.69) is 23.7 Å². The van der Waals surface area contributed by atoms with Crippen molar-refractivity contribution in [3.63, 3.8) is 0 Å². The first-order valence-electron chi connectivity index (χ1n) is 10.6. The van der Waals surface area contributed by atoms with Gasteiger partial charge in [0, 0.05) is 49.9 Å². The molecule has 0 saturated heterocycles. The van der Waals surface area contributed by atoms with Crippen molar-refractivity contribution < 1.29 is 4.79 Å². The molecule has 2 atom stereocenters. The fourth-order valence-corrected chi connectivity index (χ4v) is 4.66. The van der Waals surface area contributed by atoms with Gasteiger partial charge in [-0.25, -0.2) is 9.67 Å². The Hall–Kier alpha value is -3.35. The van der Waals surface area contributed by atoms with E-state index in [1.165, 1.54) is 0 Å². The summed E-state index contributed by atoms with van der Waals surface area (Å²) in [5, 5.41) is 4.82. The van der Waals surface area contributed by atoms with Crippen LogP contribution in [0.5, 0.6) is 0 Å². The molecule has 0 N–H and O–H groups in total. The van der Waals surface area contributed by atoms with Gasteiger partial charge in [0.2, 0.25) is 5.95 Å². The Morgan fingerprint density at radius 2 is 1.87 bits per heavy atom. The molecule has 3 heterocycles. The van der Waals surface area contributed by atoms with Gasteiger partial charge in [-0.15, -0.1) is 5.10 Å². The van der Waals surface area contributed by atoms with Crippen LogP contribution in [-0.4, -0.2) is 45.3 Å². The zero-order valence-corrected chi connectivity index (χ0v) is 18.3. The number of benzene rings is 1. The zero-order chi connectivity index (χ0) is 21.8. The molecule has 1 aromatic carbocycles. The smallest absolute Gasteiger partial charge is 0.248 e. The quantitative estimate of drug-likeness (QED) is 0.645. The Labute approximate surface area is 181 Å². The molecule has 0 amide bonds. The number of pyridine rings is 1. The van der Waals surface area contributed by atoms with Crippen LogP contribution in [0.15, 0.2) is 53.8 Å². The average molecular weight is 415 g/mol. The monoisotopic (exact) mass is 414 g/mol. The second-order valence-electron chi connectivity index (χ2n) is 9.42. The Bertz CT molecular complexity index is 1160. The van der Waals surface area contributed by atoms with Crippen LogP contribution in [0.2, 0.25) is 0 Å². The van der Waals surface area contributed by atoms with E-state index in [1.54, 1.807) is 6.20 Å². The molecule has 1 aliphatic heterocycles. The van der Waals surface area contributed by atoms with Crippen LogP contribution >= 0.6 is 0 Å². The third kappa shape index (κ3) is 3.44. The van der Waals surface area contributed by atoms with Gasteiger partial charge in [0.1, 0.15) is 5.78 Å². The van der Waals surface area contributed by atoms with Crippen molar-refractivity contribution in [2.75, 3.05) is 19.0 Å². The van der Waals surface area contributed by atoms with Crippen LogP contribution in [0.3, 0.4) is 0 Å². The summed E-state index contributed by atoms with van der Waals surface area (Å²) in [6, 6.07) is 11.8. The van der Waals surface area contributed by atoms with E-state index in [4.69, 9.17) is 15.1 Å². The van der Waals surface area contributed by atoms with Gasteiger partial charge in [0.25, 0.3) is 0 Å². The maximum absolute atomic E-state index is 13.2. The molecule has 31 heavy (non-hydrogen) atoms. The first-order chi connectivity index (χ1) is 14.8. The number of nitrogens with zero attached hydrogens (tertiary/aromatic N) is 6. The summed E-state index contributed by atoms with van der Waals surface area (Å²) in [5.41, 5.74) is 3.80. The molecule has 7 nitrogen and oxygen atoms in total. The number of hydrogen-bond donors (Lipinski definition) is 0. The Kier molecular flexibility index (Phi) is 4.50. The zero-order valence-electron chi connectivity index (χ0n) is 18.3. The second-order valence-corrected chi connectivity index (χ2v) is 9.42. The highest BCUT2D eigenvalue weighted by molar-refractivity contribution is 6.09. The lowest BCUT2D eigenvalue weighted by atomic mass is 9.68. The third-order valence-electron chi connectivity index (χ3n) is 6.12. The molecule has 2 aromatic heterocycles. The van der Waals surface area contributed by atoms with Gasteiger partial charge < -0.3 is 4.90 Å². The van der Waals surface area contributed by atoms with Crippen molar-refractivity contribution in [2.24, 2.45) is 16.3 Å². The number of hydrogen-bond acceptors (Lipinski definition) is 6. The molecular formula is C24H26N6O. The van der Waals surface area contributed by atoms with Crippen molar-refractivity contribution in [2.45, 2.75) is 32.7 Å². The molecule has 1 aliphatic carbocycles. The minimum Gasteiger partial charge on any atom is -0.378 e. The highest BCUT2D eigenvalue weighted by Gasteiger charge is 2.46. The standard InChI is InChI=1S/C24H26N6O/c1-24(2)12-18-20(19(31)13-24)21(16-6-5-11-25-14-16)30-23(26-18)27-22(28-30)15-7-9-17(10-8-15)29(3)4/h5-11,14,20-21H,12-13H2,1-4H3. The summed E-state index contributed by atoms with van der Waals surface area (Å²) in [6.07, 6.45) is 4.88. The number of aromatic nitrogens is 4. The first-order valence-corrected chi connectivity index (χ1v) is 10.6. The van der Waals surface area contributed by atoms with E-state index in [0.29, 0.717) is 18.2 Å². The minimum absolute atomic E-state index is 0.0983. The molecule has 7 heteroatoms. The van der Waals surface area contributed by atoms with Crippen LogP contribution in [0.1, 0.15) is 38.3 Å². The predicted octanol–water partition coefficient (Wildman–Crippen LogP) is 4.09. The number of ketones is 1. The first kappa shape index (κ1) is 19.6. The summed E-state index contributed by atoms with van der Waals surface area (Å²) in [6.45, 7) is 4.25. The van der Waals surface area contributed by atoms with Gasteiger partial charge in [-0.3, -0.25) is 9.78 Å². The number of aliphatic imine (C=N–C) groups is 1. The molecule has 0 spiro atoms. The fourth-order valence-electron chi connectivity index (χ4n) is 4.66. The lowest BCUT2D eigenvalue weighted by Gasteiger charge is -2.39. The van der Waals surface area contributed by atoms with Crippen LogP contribution in [0, 0.1) is 11.3 Å². The summed E-state index contributed by atoms with van der Waals surface area (Å²) in [4.78, 5) is 29.2. The summed E-state index contributed by atoms with van der Waals surface area (Å²) in [5.74, 6) is 1.05. The Morgan fingerprint density at radius 3 is 2.55 bits per heavy atom. The topological polar surface area (TPSA) is 76.3 Å². The lowest BCUT2D eigenvalue weighted by molar-refractivity contribution is -0.124. The SMILES string of the molecule is CN(C)c1ccc(-c2nc3n(n2)C(c2cccnc2)C2C(=O)CC(C)(C)CC2=N3)cc1. The molecule has 3 aromatic rings. The van der Waals surface area contributed by atoms with E-state index in [9.17, 15) is 4.79 Å². The number of Topliss-reactive ketones (excluding diaryl/α,β-unsaturated/α-hetero) is 1. The van der Waals surface area contributed by atoms with Gasteiger partial charge in [-0.05, 0) is 47.7 Å². The van der Waals surface area contributed by atoms with Crippen molar-refractivity contribution in [3.05, 3.63) is 54.4 Å². The van der Waals surface area contributed by atoms with Crippen molar-refractivity contribution in [1.29, 1.82) is 0 Å². The summed E-state index contributed by atoms with van der Waals surface area (Å²) in [7, 11) is 4.02. The molecule has 2 unspecified atom stereocenters. The molecule has 0 bridgehead atoms. The van der Waals surface area contributed by atoms with E-state index in [0.717, 1.165) is 28.9 Å². The van der Waals surface area contributed by atoms with Gasteiger partial charge in [0.05, 0.1) is 12.0 Å². The van der Waals surface area contributed by atoms with Gasteiger partial charge >= 0.3 is 0 Å². The van der Waals surface area contributed by atoms with Crippen LogP contribution in [0.4, 0.5) is 11.6 Å². The van der Waals surface area contributed by atoms with Crippen molar-refractivity contribution in [1.82, 2.24) is 19.7 Å². The van der Waals surface area contributed by atoms with E-state index >= 15 is 0 Å². The van der Waals surface area contributed by atoms with Crippen LogP contribution < -0.4 is 4.90 Å². The molecular weight excluding hydrogens is 388 g/mol. The normalized spacial score (nSPS) is 21.8. The van der Waals surface area contributed by atoms with Crippen molar-refractivity contribution >= 4 is 23.1 Å². The van der Waals surface area contributed by atoms with E-state index in [-0.39, 0.29) is 23.2 Å². The maximum atomic E-state index is 13.2. The molecule has 1 saturated carbocycles. The van der Waals surface area contributed by atoms with Crippen LogP contribution in [0.25, 0.3) is 11.4 Å². The highest BCUT2D eigenvalue weighted by atomic mass is 16.1. The number of anilines is 1. The largest absolute Gasteiger partial charge is 0.378 e. The van der Waals surface area contributed by atoms with Gasteiger partial charge in [0.15, 0.2) is 5.82 Å². The summed E-state index contributed by atoms with van der Waals surface area (Å²) >= 11 is 0. The lowest BCUT2D eigenvalue weighted by Crippen LogP contribution is -2.44. The number of carbonyl (C=O) groups is 1. The number of carbonyl (C=O) groups excluding carboxylic acids is 1. The van der Waals surface area contributed by atoms with E-state index in [1.807, 2.05) is 61.4 Å². The second kappa shape index (κ2) is 7.11. The van der Waals surface area contributed by atoms with Crippen LogP contribution in [-0.2, 0) is 4.79 Å². The maximum Gasteiger partial charge on any atom is 0.248 e. The predicted molar refractivity (Wildman–Crippen MR) is 121 cm³/mol. The van der Waals surface area contributed by atoms with Gasteiger partial charge in [-0.1, -0.05) is 19.9 Å².